The van der Waals surface area contributed by atoms with Crippen LogP contribution in [0.5, 0.6) is 0 Å². The van der Waals surface area contributed by atoms with Gasteiger partial charge in [0.25, 0.3) is 0 Å². The number of nitrogens with zero attached hydrogens (tertiary/aromatic N) is 3. The molecule has 1 aromatic rings. The molecule has 7 heteroatoms. The number of rotatable bonds is 2. The van der Waals surface area contributed by atoms with Crippen LogP contribution in [0, 0.1) is 5.41 Å². The van der Waals surface area contributed by atoms with E-state index in [0.717, 1.165) is 30.6 Å². The number of hydrogen-bond acceptors (Lipinski definition) is 3. The molecule has 4 amide bonds. The van der Waals surface area contributed by atoms with Crippen LogP contribution in [-0.4, -0.2) is 60.9 Å². The third-order valence-corrected chi connectivity index (χ3v) is 5.85. The van der Waals surface area contributed by atoms with Gasteiger partial charge < -0.3 is 15.1 Å². The van der Waals surface area contributed by atoms with Crippen LogP contribution in [0.1, 0.15) is 24.8 Å². The summed E-state index contributed by atoms with van der Waals surface area (Å²) >= 11 is 0. The van der Waals surface area contributed by atoms with Crippen molar-refractivity contribution in [3.05, 3.63) is 29.8 Å². The highest BCUT2D eigenvalue weighted by atomic mass is 16.2. The number of piperidine rings is 1. The molecule has 3 aliphatic rings. The maximum atomic E-state index is 12.9. The third-order valence-electron chi connectivity index (χ3n) is 5.85. The van der Waals surface area contributed by atoms with Gasteiger partial charge in [-0.3, -0.25) is 14.5 Å². The zero-order valence-corrected chi connectivity index (χ0v) is 15.0. The van der Waals surface area contributed by atoms with E-state index >= 15 is 0 Å². The van der Waals surface area contributed by atoms with E-state index in [1.54, 1.807) is 21.7 Å². The van der Waals surface area contributed by atoms with Crippen molar-refractivity contribution >= 4 is 23.5 Å². The Kier molecular flexibility index (Phi) is 4.09. The molecule has 0 radical (unpaired) electrons. The second kappa shape index (κ2) is 6.30. The second-order valence-corrected chi connectivity index (χ2v) is 7.56. The van der Waals surface area contributed by atoms with Gasteiger partial charge in [-0.15, -0.1) is 0 Å². The van der Waals surface area contributed by atoms with Gasteiger partial charge in [0, 0.05) is 33.2 Å². The molecule has 0 aromatic heterocycles. The minimum atomic E-state index is -0.436. The summed E-state index contributed by atoms with van der Waals surface area (Å²) in [5.41, 5.74) is 1.40. The average Bonchev–Trinajstić information content (AvgIpc) is 3.07. The van der Waals surface area contributed by atoms with Crippen molar-refractivity contribution in [3.8, 4) is 0 Å². The van der Waals surface area contributed by atoms with Crippen molar-refractivity contribution in [2.24, 2.45) is 5.41 Å². The number of carbonyl (C=O) groups excluding carboxylic acids is 3. The number of nitrogens with one attached hydrogen (secondary N) is 1. The van der Waals surface area contributed by atoms with E-state index in [9.17, 15) is 14.4 Å². The average molecular weight is 356 g/mol. The third kappa shape index (κ3) is 2.71. The van der Waals surface area contributed by atoms with Crippen LogP contribution >= 0.6 is 0 Å². The van der Waals surface area contributed by atoms with Crippen LogP contribution in [0.3, 0.4) is 0 Å². The first-order valence-electron chi connectivity index (χ1n) is 9.17. The summed E-state index contributed by atoms with van der Waals surface area (Å²) in [6, 6.07) is 7.52. The Bertz CT molecular complexity index is 765. The van der Waals surface area contributed by atoms with Crippen molar-refractivity contribution in [3.63, 3.8) is 0 Å². The van der Waals surface area contributed by atoms with Crippen LogP contribution in [0.4, 0.5) is 10.5 Å². The van der Waals surface area contributed by atoms with Gasteiger partial charge in [-0.25, -0.2) is 4.79 Å². The van der Waals surface area contributed by atoms with E-state index in [-0.39, 0.29) is 24.4 Å². The lowest BCUT2D eigenvalue weighted by Gasteiger charge is -2.36. The highest BCUT2D eigenvalue weighted by Crippen LogP contribution is 2.37. The Morgan fingerprint density at radius 3 is 2.85 bits per heavy atom. The SMILES string of the molecule is CN1Cc2ccccc2N(CC(=O)N2CC[C@]3(CCCNC3=O)C2)C1=O. The number of amides is 4. The molecule has 1 aromatic carbocycles. The van der Waals surface area contributed by atoms with Crippen molar-refractivity contribution in [2.75, 3.05) is 38.1 Å². The molecule has 0 bridgehead atoms. The van der Waals surface area contributed by atoms with Gasteiger partial charge in [0.05, 0.1) is 11.1 Å². The molecule has 2 saturated heterocycles. The highest BCUT2D eigenvalue weighted by molar-refractivity contribution is 6.00. The number of likely N-dealkylation sites (tertiary alicyclic amines) is 1. The zero-order chi connectivity index (χ0) is 18.3. The molecule has 3 heterocycles. The lowest BCUT2D eigenvalue weighted by Crippen LogP contribution is -2.51. The Labute approximate surface area is 152 Å². The summed E-state index contributed by atoms with van der Waals surface area (Å²) in [5.74, 6) is -0.0307. The predicted octanol–water partition coefficient (Wildman–Crippen LogP) is 1.19. The van der Waals surface area contributed by atoms with Gasteiger partial charge in [0.15, 0.2) is 0 Å². The minimum absolute atomic E-state index is 0.0118. The standard InChI is InChI=1S/C19H24N4O3/c1-21-11-14-5-2-3-6-15(14)23(18(21)26)12-16(24)22-10-8-19(13-22)7-4-9-20-17(19)25/h2-3,5-6H,4,7-13H2,1H3,(H,20,25)/t19-/m1/s1. The van der Waals surface area contributed by atoms with Crippen LogP contribution in [0.15, 0.2) is 24.3 Å². The molecule has 138 valence electrons. The van der Waals surface area contributed by atoms with Crippen molar-refractivity contribution in [1.29, 1.82) is 0 Å². The first-order valence-corrected chi connectivity index (χ1v) is 9.17. The van der Waals surface area contributed by atoms with Gasteiger partial charge in [-0.05, 0) is 30.9 Å². The predicted molar refractivity (Wildman–Crippen MR) is 96.5 cm³/mol. The largest absolute Gasteiger partial charge is 0.356 e. The Hall–Kier alpha value is -2.57. The fourth-order valence-corrected chi connectivity index (χ4v) is 4.33. The smallest absolute Gasteiger partial charge is 0.325 e. The van der Waals surface area contributed by atoms with E-state index in [0.29, 0.717) is 26.1 Å². The quantitative estimate of drug-likeness (QED) is 0.865. The Morgan fingerprint density at radius 1 is 1.23 bits per heavy atom. The van der Waals surface area contributed by atoms with Gasteiger partial charge in [-0.2, -0.15) is 0 Å². The molecule has 1 atom stereocenters. The molecule has 4 rings (SSSR count). The fraction of sp³-hybridized carbons (Fsp3) is 0.526. The highest BCUT2D eigenvalue weighted by Gasteiger charge is 2.47. The number of urea groups is 1. The first kappa shape index (κ1) is 16.9. The molecule has 0 saturated carbocycles. The number of hydrogen-bond donors (Lipinski definition) is 1. The molecular weight excluding hydrogens is 332 g/mol. The van der Waals surface area contributed by atoms with Crippen LogP contribution in [0.2, 0.25) is 0 Å². The monoisotopic (exact) mass is 356 g/mol. The summed E-state index contributed by atoms with van der Waals surface area (Å²) in [5, 5.41) is 2.93. The summed E-state index contributed by atoms with van der Waals surface area (Å²) < 4.78 is 0. The van der Waals surface area contributed by atoms with E-state index < -0.39 is 5.41 Å². The van der Waals surface area contributed by atoms with Crippen molar-refractivity contribution < 1.29 is 14.4 Å². The summed E-state index contributed by atoms with van der Waals surface area (Å²) in [7, 11) is 1.74. The Balaban J connectivity index is 1.50. The van der Waals surface area contributed by atoms with Crippen molar-refractivity contribution in [2.45, 2.75) is 25.8 Å². The molecule has 1 spiro atoms. The summed E-state index contributed by atoms with van der Waals surface area (Å²) in [6.07, 6.45) is 2.49. The maximum Gasteiger partial charge on any atom is 0.325 e. The number of para-hydroxylation sites is 1. The molecular formula is C19H24N4O3. The van der Waals surface area contributed by atoms with E-state index in [2.05, 4.69) is 5.32 Å². The fourth-order valence-electron chi connectivity index (χ4n) is 4.33. The number of anilines is 1. The van der Waals surface area contributed by atoms with E-state index in [4.69, 9.17) is 0 Å². The van der Waals surface area contributed by atoms with Gasteiger partial charge >= 0.3 is 6.03 Å². The lowest BCUT2D eigenvalue weighted by atomic mass is 9.79. The number of benzene rings is 1. The lowest BCUT2D eigenvalue weighted by molar-refractivity contribution is -0.134. The number of carbonyl (C=O) groups is 3. The molecule has 0 aliphatic carbocycles. The summed E-state index contributed by atoms with van der Waals surface area (Å²) in [4.78, 5) is 42.7. The molecule has 3 aliphatic heterocycles. The van der Waals surface area contributed by atoms with Crippen LogP contribution < -0.4 is 10.2 Å². The second-order valence-electron chi connectivity index (χ2n) is 7.56. The van der Waals surface area contributed by atoms with Gasteiger partial charge in [0.2, 0.25) is 11.8 Å². The van der Waals surface area contributed by atoms with E-state index in [1.807, 2.05) is 24.3 Å². The molecule has 7 nitrogen and oxygen atoms in total. The summed E-state index contributed by atoms with van der Waals surface area (Å²) in [6.45, 7) is 2.31. The van der Waals surface area contributed by atoms with E-state index in [1.165, 1.54) is 0 Å². The van der Waals surface area contributed by atoms with Gasteiger partial charge in [0.1, 0.15) is 6.54 Å². The van der Waals surface area contributed by atoms with Crippen molar-refractivity contribution in [1.82, 2.24) is 15.1 Å². The maximum absolute atomic E-state index is 12.9. The molecule has 0 unspecified atom stereocenters. The number of fused-ring (bicyclic) bond motifs is 1. The van der Waals surface area contributed by atoms with Crippen LogP contribution in [0.25, 0.3) is 0 Å². The molecule has 26 heavy (non-hydrogen) atoms. The minimum Gasteiger partial charge on any atom is -0.356 e. The Morgan fingerprint density at radius 2 is 2.04 bits per heavy atom. The van der Waals surface area contributed by atoms with Gasteiger partial charge in [-0.1, -0.05) is 18.2 Å². The zero-order valence-electron chi connectivity index (χ0n) is 15.0. The normalized spacial score (nSPS) is 25.5. The molecule has 2 fully saturated rings. The first-order chi connectivity index (χ1) is 12.5. The van der Waals surface area contributed by atoms with Crippen LogP contribution in [-0.2, 0) is 16.1 Å². The molecule has 1 N–H and O–H groups in total. The topological polar surface area (TPSA) is 73.0 Å².